The van der Waals surface area contributed by atoms with Gasteiger partial charge in [-0.3, -0.25) is 15.0 Å². The van der Waals surface area contributed by atoms with Crippen LogP contribution in [0.5, 0.6) is 5.75 Å². The lowest BCUT2D eigenvalue weighted by Crippen LogP contribution is -2.29. The van der Waals surface area contributed by atoms with Gasteiger partial charge in [-0.1, -0.05) is 6.07 Å². The third kappa shape index (κ3) is 3.96. The zero-order chi connectivity index (χ0) is 14.4. The Hall–Kier alpha value is -2.08. The fraction of sp³-hybridized carbons (Fsp3) is 0.429. The lowest BCUT2D eigenvalue weighted by molar-refractivity contribution is -0.121. The third-order valence-corrected chi connectivity index (χ3v) is 3.20. The van der Waals surface area contributed by atoms with E-state index in [1.54, 1.807) is 0 Å². The summed E-state index contributed by atoms with van der Waals surface area (Å²) in [7, 11) is 0. The molecule has 0 unspecified atom stereocenters. The van der Waals surface area contributed by atoms with Gasteiger partial charge in [0.15, 0.2) is 0 Å². The first-order valence-electron chi connectivity index (χ1n) is 6.74. The van der Waals surface area contributed by atoms with Crippen LogP contribution in [-0.2, 0) is 16.0 Å². The number of benzene rings is 1. The molecule has 6 nitrogen and oxygen atoms in total. The zero-order valence-corrected chi connectivity index (χ0v) is 11.3. The highest BCUT2D eigenvalue weighted by atomic mass is 16.5. The first-order valence-corrected chi connectivity index (χ1v) is 6.74. The first-order chi connectivity index (χ1) is 9.69. The number of anilines is 1. The zero-order valence-electron chi connectivity index (χ0n) is 11.3. The standard InChI is InChI=1S/C14H19N3O3/c15-17-14(19)3-1-2-8-20-11-6-4-10-5-7-13(18)16-12(10)9-11/h4,6,9H,1-3,5,7-8,15H2,(H,16,18)(H,17,19). The van der Waals surface area contributed by atoms with Gasteiger partial charge < -0.3 is 10.1 Å². The maximum absolute atomic E-state index is 11.3. The van der Waals surface area contributed by atoms with Crippen molar-refractivity contribution in [2.75, 3.05) is 11.9 Å². The van der Waals surface area contributed by atoms with Crippen LogP contribution in [0.3, 0.4) is 0 Å². The maximum atomic E-state index is 11.3. The summed E-state index contributed by atoms with van der Waals surface area (Å²) in [6.07, 6.45) is 3.22. The molecule has 0 radical (unpaired) electrons. The van der Waals surface area contributed by atoms with Crippen molar-refractivity contribution in [2.45, 2.75) is 32.1 Å². The number of amides is 2. The van der Waals surface area contributed by atoms with Crippen molar-refractivity contribution in [3.05, 3.63) is 23.8 Å². The van der Waals surface area contributed by atoms with E-state index in [4.69, 9.17) is 10.6 Å². The molecule has 0 bridgehead atoms. The third-order valence-electron chi connectivity index (χ3n) is 3.20. The normalized spacial score (nSPS) is 13.3. The number of ether oxygens (including phenoxy) is 1. The fourth-order valence-corrected chi connectivity index (χ4v) is 2.09. The molecule has 0 atom stereocenters. The Kier molecular flexibility index (Phi) is 4.95. The molecule has 2 amide bonds. The maximum Gasteiger partial charge on any atom is 0.233 e. The van der Waals surface area contributed by atoms with Crippen LogP contribution in [0.2, 0.25) is 0 Å². The molecule has 1 aliphatic heterocycles. The molecule has 1 aromatic rings. The Bertz CT molecular complexity index is 502. The molecular formula is C14H19N3O3. The summed E-state index contributed by atoms with van der Waals surface area (Å²) in [5.41, 5.74) is 4.06. The molecule has 0 aliphatic carbocycles. The van der Waals surface area contributed by atoms with Gasteiger partial charge in [0.2, 0.25) is 11.8 Å². The molecule has 1 heterocycles. The van der Waals surface area contributed by atoms with Gasteiger partial charge in [-0.05, 0) is 30.9 Å². The highest BCUT2D eigenvalue weighted by Gasteiger charge is 2.14. The Morgan fingerprint density at radius 3 is 3.00 bits per heavy atom. The van der Waals surface area contributed by atoms with Crippen molar-refractivity contribution in [1.29, 1.82) is 0 Å². The van der Waals surface area contributed by atoms with Crippen LogP contribution in [0.4, 0.5) is 5.69 Å². The number of aryl methyl sites for hydroxylation is 1. The molecule has 0 saturated carbocycles. The van der Waals surface area contributed by atoms with Crippen LogP contribution in [0, 0.1) is 0 Å². The Labute approximate surface area is 117 Å². The van der Waals surface area contributed by atoms with Crippen molar-refractivity contribution in [3.8, 4) is 5.75 Å². The number of carbonyl (C=O) groups excluding carboxylic acids is 2. The number of unbranched alkanes of at least 4 members (excludes halogenated alkanes) is 1. The van der Waals surface area contributed by atoms with Crippen molar-refractivity contribution >= 4 is 17.5 Å². The number of nitrogens with one attached hydrogen (secondary N) is 2. The number of hydrogen-bond donors (Lipinski definition) is 3. The van der Waals surface area contributed by atoms with Crippen molar-refractivity contribution < 1.29 is 14.3 Å². The van der Waals surface area contributed by atoms with Crippen LogP contribution < -0.4 is 21.3 Å². The molecule has 0 spiro atoms. The molecule has 0 aromatic heterocycles. The van der Waals surface area contributed by atoms with Crippen molar-refractivity contribution in [2.24, 2.45) is 5.84 Å². The molecule has 4 N–H and O–H groups in total. The van der Waals surface area contributed by atoms with E-state index in [9.17, 15) is 9.59 Å². The molecule has 0 fully saturated rings. The number of hydrogen-bond acceptors (Lipinski definition) is 4. The summed E-state index contributed by atoms with van der Waals surface area (Å²) in [6.45, 7) is 0.532. The molecule has 2 rings (SSSR count). The van der Waals surface area contributed by atoms with E-state index in [-0.39, 0.29) is 11.8 Å². The van der Waals surface area contributed by atoms with Gasteiger partial charge in [0, 0.05) is 24.6 Å². The topological polar surface area (TPSA) is 93.4 Å². The smallest absolute Gasteiger partial charge is 0.233 e. The molecule has 6 heteroatoms. The fourth-order valence-electron chi connectivity index (χ4n) is 2.09. The lowest BCUT2D eigenvalue weighted by atomic mass is 10.0. The highest BCUT2D eigenvalue weighted by molar-refractivity contribution is 5.94. The second-order valence-electron chi connectivity index (χ2n) is 4.74. The summed E-state index contributed by atoms with van der Waals surface area (Å²) in [5.74, 6) is 5.60. The van der Waals surface area contributed by atoms with E-state index in [1.807, 2.05) is 18.2 Å². The Morgan fingerprint density at radius 2 is 2.20 bits per heavy atom. The summed E-state index contributed by atoms with van der Waals surface area (Å²) in [4.78, 5) is 22.2. The summed E-state index contributed by atoms with van der Waals surface area (Å²) in [6, 6.07) is 5.73. The molecule has 1 aromatic carbocycles. The molecule has 1 aliphatic rings. The van der Waals surface area contributed by atoms with Crippen molar-refractivity contribution in [1.82, 2.24) is 5.43 Å². The Balaban J connectivity index is 1.78. The average molecular weight is 277 g/mol. The number of nitrogens with two attached hydrogens (primary N) is 1. The Morgan fingerprint density at radius 1 is 1.35 bits per heavy atom. The highest BCUT2D eigenvalue weighted by Crippen LogP contribution is 2.27. The van der Waals surface area contributed by atoms with Crippen LogP contribution in [0.1, 0.15) is 31.2 Å². The number of rotatable bonds is 6. The van der Waals surface area contributed by atoms with Gasteiger partial charge in [0.25, 0.3) is 0 Å². The summed E-state index contributed by atoms with van der Waals surface area (Å²) < 4.78 is 5.61. The number of carbonyl (C=O) groups is 2. The summed E-state index contributed by atoms with van der Waals surface area (Å²) in [5, 5.41) is 2.84. The predicted molar refractivity (Wildman–Crippen MR) is 75.1 cm³/mol. The van der Waals surface area contributed by atoms with E-state index in [0.29, 0.717) is 19.4 Å². The van der Waals surface area contributed by atoms with Gasteiger partial charge in [-0.2, -0.15) is 0 Å². The lowest BCUT2D eigenvalue weighted by Gasteiger charge is -2.17. The quantitative estimate of drug-likeness (QED) is 0.314. The van der Waals surface area contributed by atoms with E-state index in [0.717, 1.165) is 36.3 Å². The van der Waals surface area contributed by atoms with E-state index < -0.39 is 0 Å². The van der Waals surface area contributed by atoms with E-state index in [1.165, 1.54) is 0 Å². The van der Waals surface area contributed by atoms with Gasteiger partial charge in [0.1, 0.15) is 5.75 Å². The minimum atomic E-state index is -0.165. The van der Waals surface area contributed by atoms with Crippen LogP contribution in [0.25, 0.3) is 0 Å². The SMILES string of the molecule is NNC(=O)CCCCOc1ccc2c(c1)NC(=O)CC2. The van der Waals surface area contributed by atoms with Crippen LogP contribution in [0.15, 0.2) is 18.2 Å². The first kappa shape index (κ1) is 14.3. The monoisotopic (exact) mass is 277 g/mol. The second kappa shape index (κ2) is 6.91. The largest absolute Gasteiger partial charge is 0.494 e. The molecular weight excluding hydrogens is 258 g/mol. The molecule has 0 saturated heterocycles. The van der Waals surface area contributed by atoms with E-state index in [2.05, 4.69) is 10.7 Å². The van der Waals surface area contributed by atoms with Gasteiger partial charge >= 0.3 is 0 Å². The minimum Gasteiger partial charge on any atom is -0.494 e. The number of fused-ring (bicyclic) bond motifs is 1. The predicted octanol–water partition coefficient (Wildman–Crippen LogP) is 1.11. The van der Waals surface area contributed by atoms with E-state index >= 15 is 0 Å². The van der Waals surface area contributed by atoms with Crippen LogP contribution in [-0.4, -0.2) is 18.4 Å². The second-order valence-corrected chi connectivity index (χ2v) is 4.74. The minimum absolute atomic E-state index is 0.0439. The van der Waals surface area contributed by atoms with Gasteiger partial charge in [0.05, 0.1) is 6.61 Å². The van der Waals surface area contributed by atoms with Gasteiger partial charge in [-0.25, -0.2) is 5.84 Å². The number of hydrazine groups is 1. The average Bonchev–Trinajstić information content (AvgIpc) is 2.46. The van der Waals surface area contributed by atoms with Crippen LogP contribution >= 0.6 is 0 Å². The van der Waals surface area contributed by atoms with Crippen molar-refractivity contribution in [3.63, 3.8) is 0 Å². The molecule has 108 valence electrons. The summed E-state index contributed by atoms with van der Waals surface area (Å²) >= 11 is 0. The molecule has 20 heavy (non-hydrogen) atoms. The van der Waals surface area contributed by atoms with Gasteiger partial charge in [-0.15, -0.1) is 0 Å².